The molecule has 0 amide bonds. The van der Waals surface area contributed by atoms with Crippen LogP contribution in [0.5, 0.6) is 0 Å². The Bertz CT molecular complexity index is 1290. The van der Waals surface area contributed by atoms with Gasteiger partial charge in [0.05, 0.1) is 11.1 Å². The van der Waals surface area contributed by atoms with E-state index in [2.05, 4.69) is 0 Å². The zero-order valence-corrected chi connectivity index (χ0v) is 16.7. The van der Waals surface area contributed by atoms with Crippen molar-refractivity contribution in [3.63, 3.8) is 0 Å². The van der Waals surface area contributed by atoms with E-state index in [0.29, 0.717) is 0 Å². The molecule has 0 heterocycles. The SMILES string of the molecule is O=C1C(F)=C/C(=C(/c2c(F)c(F)c(F)c(F)c2C(F)(F)C(F)(F)C(F)(F)F)C(F)(F)C(F)(F)F)C(F)=C1F. The molecule has 0 atom stereocenters. The summed E-state index contributed by atoms with van der Waals surface area (Å²) in [5.41, 5.74) is -15.8. The van der Waals surface area contributed by atoms with Crippen molar-refractivity contribution in [1.82, 2.24) is 0 Å². The number of hydrogen-bond acceptors (Lipinski definition) is 1. The minimum atomic E-state index is -7.79. The van der Waals surface area contributed by atoms with Crippen molar-refractivity contribution in [3.05, 3.63) is 63.5 Å². The maximum absolute atomic E-state index is 14.5. The number of hydrogen-bond donors (Lipinski definition) is 0. The van der Waals surface area contributed by atoms with Gasteiger partial charge < -0.3 is 0 Å². The molecule has 212 valence electrons. The highest BCUT2D eigenvalue weighted by Gasteiger charge is 2.75. The fourth-order valence-corrected chi connectivity index (χ4v) is 2.86. The van der Waals surface area contributed by atoms with Gasteiger partial charge in [0, 0.05) is 11.1 Å². The third-order valence-corrected chi connectivity index (χ3v) is 4.64. The van der Waals surface area contributed by atoms with Crippen molar-refractivity contribution in [2.45, 2.75) is 30.1 Å². The maximum atomic E-state index is 14.5. The first-order chi connectivity index (χ1) is 16.8. The second-order valence-electron chi connectivity index (χ2n) is 6.96. The van der Waals surface area contributed by atoms with Crippen molar-refractivity contribution in [2.24, 2.45) is 0 Å². The highest BCUT2D eigenvalue weighted by Crippen LogP contribution is 2.58. The van der Waals surface area contributed by atoms with Crippen LogP contribution in [0.25, 0.3) is 5.57 Å². The minimum Gasteiger partial charge on any atom is -0.283 e. The van der Waals surface area contributed by atoms with Gasteiger partial charge in [0.2, 0.25) is 5.83 Å². The van der Waals surface area contributed by atoms with Crippen molar-refractivity contribution >= 4 is 11.4 Å². The van der Waals surface area contributed by atoms with Gasteiger partial charge in [0.1, 0.15) is 0 Å². The number of carbonyl (C=O) groups is 1. The normalized spacial score (nSPS) is 17.8. The molecular weight excluding hydrogens is 593 g/mol. The summed E-state index contributed by atoms with van der Waals surface area (Å²) in [6.07, 6.45) is -16.2. The van der Waals surface area contributed by atoms with E-state index in [1.165, 1.54) is 0 Å². The molecule has 1 aliphatic rings. The number of alkyl halides is 12. The van der Waals surface area contributed by atoms with E-state index in [1.807, 2.05) is 0 Å². The zero-order valence-electron chi connectivity index (χ0n) is 16.7. The molecule has 0 unspecified atom stereocenters. The van der Waals surface area contributed by atoms with Crippen LogP contribution in [0.1, 0.15) is 11.1 Å². The Kier molecular flexibility index (Phi) is 7.28. The van der Waals surface area contributed by atoms with Crippen LogP contribution in [-0.2, 0) is 10.7 Å². The number of benzene rings is 1. The Morgan fingerprint density at radius 1 is 0.579 bits per heavy atom. The first-order valence-electron chi connectivity index (χ1n) is 8.62. The number of allylic oxidation sites excluding steroid dienone is 6. The lowest BCUT2D eigenvalue weighted by Crippen LogP contribution is -2.51. The largest absolute Gasteiger partial charge is 0.460 e. The summed E-state index contributed by atoms with van der Waals surface area (Å²) < 4.78 is 259. The molecule has 0 bridgehead atoms. The van der Waals surface area contributed by atoms with Crippen LogP contribution in [0, 0.1) is 23.3 Å². The fraction of sp³-hybridized carbons (Fsp3) is 0.278. The predicted molar refractivity (Wildman–Crippen MR) is 82.5 cm³/mol. The number of Topliss-reactive ketones (excluding diaryl/α,β-unsaturated/α-hetero) is 1. The van der Waals surface area contributed by atoms with Crippen molar-refractivity contribution in [1.29, 1.82) is 0 Å². The molecule has 1 nitrogen and oxygen atoms in total. The molecule has 1 aromatic carbocycles. The van der Waals surface area contributed by atoms with Gasteiger partial charge in [-0.15, -0.1) is 0 Å². The Morgan fingerprint density at radius 3 is 1.45 bits per heavy atom. The van der Waals surface area contributed by atoms with E-state index >= 15 is 0 Å². The molecule has 0 saturated heterocycles. The molecule has 0 radical (unpaired) electrons. The highest BCUT2D eigenvalue weighted by atomic mass is 19.4. The summed E-state index contributed by atoms with van der Waals surface area (Å²) in [7, 11) is 0. The molecule has 0 aliphatic heterocycles. The van der Waals surface area contributed by atoms with E-state index in [-0.39, 0.29) is 0 Å². The van der Waals surface area contributed by atoms with Gasteiger partial charge in [-0.3, -0.25) is 4.79 Å². The number of halogens is 19. The van der Waals surface area contributed by atoms with E-state index in [4.69, 9.17) is 0 Å². The van der Waals surface area contributed by atoms with Crippen LogP contribution >= 0.6 is 0 Å². The van der Waals surface area contributed by atoms with Crippen LogP contribution < -0.4 is 0 Å². The molecule has 0 fully saturated rings. The zero-order chi connectivity index (χ0) is 30.1. The summed E-state index contributed by atoms with van der Waals surface area (Å²) in [5.74, 6) is -50.6. The predicted octanol–water partition coefficient (Wildman–Crippen LogP) is 8.07. The molecular formula is C18HF19O. The second kappa shape index (κ2) is 8.92. The topological polar surface area (TPSA) is 17.1 Å². The summed E-state index contributed by atoms with van der Waals surface area (Å²) in [6, 6.07) is 0. The van der Waals surface area contributed by atoms with Gasteiger partial charge >= 0.3 is 30.1 Å². The van der Waals surface area contributed by atoms with Gasteiger partial charge in [-0.2, -0.15) is 57.1 Å². The van der Waals surface area contributed by atoms with Crippen molar-refractivity contribution < 1.29 is 88.2 Å². The maximum Gasteiger partial charge on any atom is 0.460 e. The average Bonchev–Trinajstić information content (AvgIpc) is 2.75. The standard InChI is InChI=1S/C18HF19O/c19-3-1-2(7(20)12(25)13(3)38)5(15(28,29)17(32,33)34)4-6(9(22)11(24)10(23)8(4)21)14(26,27)16(30,31)18(35,36)37/h1H/b5-2+. The Balaban J connectivity index is 3.41. The van der Waals surface area contributed by atoms with E-state index in [1.54, 1.807) is 0 Å². The summed E-state index contributed by atoms with van der Waals surface area (Å²) in [6.45, 7) is 0. The highest BCUT2D eigenvalue weighted by molar-refractivity contribution is 6.08. The number of carbonyl (C=O) groups excluding carboxylic acids is 1. The molecule has 0 spiro atoms. The van der Waals surface area contributed by atoms with Gasteiger partial charge in [-0.1, -0.05) is 0 Å². The molecule has 2 rings (SSSR count). The molecule has 20 heteroatoms. The molecule has 38 heavy (non-hydrogen) atoms. The van der Waals surface area contributed by atoms with Crippen LogP contribution in [0.3, 0.4) is 0 Å². The van der Waals surface area contributed by atoms with E-state index in [9.17, 15) is 88.2 Å². The lowest BCUT2D eigenvalue weighted by atomic mass is 9.84. The number of ketones is 1. The van der Waals surface area contributed by atoms with Crippen LogP contribution in [0.15, 0.2) is 29.1 Å². The van der Waals surface area contributed by atoms with E-state index < -0.39 is 105 Å². The van der Waals surface area contributed by atoms with Gasteiger partial charge in [-0.05, 0) is 6.08 Å². The molecule has 0 aromatic heterocycles. The number of rotatable bonds is 4. The Morgan fingerprint density at radius 2 is 1.03 bits per heavy atom. The first-order valence-corrected chi connectivity index (χ1v) is 8.62. The average molecular weight is 594 g/mol. The quantitative estimate of drug-likeness (QED) is 0.196. The molecule has 0 saturated carbocycles. The molecule has 1 aliphatic carbocycles. The van der Waals surface area contributed by atoms with Gasteiger partial charge in [0.15, 0.2) is 34.9 Å². The summed E-state index contributed by atoms with van der Waals surface area (Å²) >= 11 is 0. The second-order valence-corrected chi connectivity index (χ2v) is 6.96. The van der Waals surface area contributed by atoms with Gasteiger partial charge in [-0.25, -0.2) is 26.3 Å². The minimum absolute atomic E-state index is 1.24. The Hall–Kier alpha value is -3.22. The molecule has 1 aromatic rings. The molecule has 0 N–H and O–H groups in total. The van der Waals surface area contributed by atoms with Gasteiger partial charge in [0.25, 0.3) is 5.78 Å². The smallest absolute Gasteiger partial charge is 0.283 e. The van der Waals surface area contributed by atoms with Crippen LogP contribution in [-0.4, -0.2) is 30.0 Å². The summed E-state index contributed by atoms with van der Waals surface area (Å²) in [5, 5.41) is 0. The monoisotopic (exact) mass is 594 g/mol. The van der Waals surface area contributed by atoms with Crippen LogP contribution in [0.4, 0.5) is 83.4 Å². The van der Waals surface area contributed by atoms with Crippen LogP contribution in [0.2, 0.25) is 0 Å². The first kappa shape index (κ1) is 31.0. The lowest BCUT2D eigenvalue weighted by molar-refractivity contribution is -0.360. The van der Waals surface area contributed by atoms with Crippen molar-refractivity contribution in [3.8, 4) is 0 Å². The third-order valence-electron chi connectivity index (χ3n) is 4.64. The lowest BCUT2D eigenvalue weighted by Gasteiger charge is -2.32. The Labute approximate surface area is 194 Å². The van der Waals surface area contributed by atoms with Crippen molar-refractivity contribution in [2.75, 3.05) is 0 Å². The summed E-state index contributed by atoms with van der Waals surface area (Å²) in [4.78, 5) is 11.0. The third kappa shape index (κ3) is 4.30. The van der Waals surface area contributed by atoms with E-state index in [0.717, 1.165) is 0 Å². The fourth-order valence-electron chi connectivity index (χ4n) is 2.86.